The molecule has 1 atom stereocenters. The third-order valence-electron chi connectivity index (χ3n) is 5.41. The molecule has 3 aromatic rings. The zero-order valence-corrected chi connectivity index (χ0v) is 17.7. The third kappa shape index (κ3) is 3.57. The average Bonchev–Trinajstić information content (AvgIpc) is 3.02. The zero-order valence-electron chi connectivity index (χ0n) is 17.0. The number of benzene rings is 3. The van der Waals surface area contributed by atoms with Crippen molar-refractivity contribution in [1.82, 2.24) is 0 Å². The highest BCUT2D eigenvalue weighted by molar-refractivity contribution is 6.51. The Morgan fingerprint density at radius 2 is 1.68 bits per heavy atom. The predicted octanol–water partition coefficient (Wildman–Crippen LogP) is 5.29. The van der Waals surface area contributed by atoms with Gasteiger partial charge in [0.25, 0.3) is 11.7 Å². The number of hydrogen-bond donors (Lipinski definition) is 2. The number of Topliss-reactive ketones (excluding diaryl/α,β-unsaturated/α-hetero) is 1. The molecular formula is C25H20ClNO4. The molecule has 3 aromatic carbocycles. The van der Waals surface area contributed by atoms with E-state index in [4.69, 9.17) is 11.6 Å². The van der Waals surface area contributed by atoms with Crippen LogP contribution in [0.15, 0.2) is 72.3 Å². The Hall–Kier alpha value is -3.57. The summed E-state index contributed by atoms with van der Waals surface area (Å²) in [4.78, 5) is 27.6. The molecular weight excluding hydrogens is 414 g/mol. The number of amides is 1. The maximum atomic E-state index is 13.1. The standard InChI is InChI=1S/C25H20ClNO4/c1-14-8-9-15(2)18(12-14)23(29)21-22(16-10-11-20(28)19(26)13-16)27(25(31)24(21)30)17-6-4-3-5-7-17/h3-13,22,28-29H,1-2H3/b23-21+. The number of anilines is 1. The molecule has 0 bridgehead atoms. The molecule has 31 heavy (non-hydrogen) atoms. The van der Waals surface area contributed by atoms with Crippen LogP contribution >= 0.6 is 11.6 Å². The first-order valence-electron chi connectivity index (χ1n) is 9.71. The molecule has 156 valence electrons. The van der Waals surface area contributed by atoms with E-state index in [0.29, 0.717) is 16.8 Å². The number of rotatable bonds is 3. The number of halogens is 1. The van der Waals surface area contributed by atoms with Gasteiger partial charge in [-0.3, -0.25) is 14.5 Å². The smallest absolute Gasteiger partial charge is 0.300 e. The van der Waals surface area contributed by atoms with Gasteiger partial charge < -0.3 is 10.2 Å². The van der Waals surface area contributed by atoms with Gasteiger partial charge in [0.05, 0.1) is 16.6 Å². The van der Waals surface area contributed by atoms with Crippen LogP contribution in [0.25, 0.3) is 5.76 Å². The van der Waals surface area contributed by atoms with Gasteiger partial charge in [-0.2, -0.15) is 0 Å². The van der Waals surface area contributed by atoms with E-state index in [1.54, 1.807) is 36.4 Å². The van der Waals surface area contributed by atoms with E-state index in [0.717, 1.165) is 11.1 Å². The number of aliphatic hydroxyl groups excluding tert-OH is 1. The zero-order chi connectivity index (χ0) is 22.3. The summed E-state index contributed by atoms with van der Waals surface area (Å²) in [6.45, 7) is 3.71. The first-order valence-corrected chi connectivity index (χ1v) is 10.1. The number of nitrogens with zero attached hydrogens (tertiary/aromatic N) is 1. The minimum Gasteiger partial charge on any atom is -0.507 e. The lowest BCUT2D eigenvalue weighted by Crippen LogP contribution is -2.29. The van der Waals surface area contributed by atoms with Crippen LogP contribution in [0.4, 0.5) is 5.69 Å². The summed E-state index contributed by atoms with van der Waals surface area (Å²) in [6.07, 6.45) is 0. The van der Waals surface area contributed by atoms with E-state index < -0.39 is 17.7 Å². The van der Waals surface area contributed by atoms with Gasteiger partial charge in [0, 0.05) is 11.3 Å². The molecule has 2 N–H and O–H groups in total. The topological polar surface area (TPSA) is 77.8 Å². The molecule has 1 unspecified atom stereocenters. The lowest BCUT2D eigenvalue weighted by molar-refractivity contribution is -0.132. The van der Waals surface area contributed by atoms with Crippen LogP contribution in [-0.2, 0) is 9.59 Å². The molecule has 1 saturated heterocycles. The largest absolute Gasteiger partial charge is 0.507 e. The van der Waals surface area contributed by atoms with Crippen LogP contribution in [0.1, 0.15) is 28.3 Å². The van der Waals surface area contributed by atoms with Gasteiger partial charge in [0.1, 0.15) is 11.5 Å². The van der Waals surface area contributed by atoms with Gasteiger partial charge in [0.2, 0.25) is 0 Å². The number of ketones is 1. The number of aromatic hydroxyl groups is 1. The van der Waals surface area contributed by atoms with Gasteiger partial charge in [-0.25, -0.2) is 0 Å². The Morgan fingerprint density at radius 3 is 2.35 bits per heavy atom. The van der Waals surface area contributed by atoms with Crippen molar-refractivity contribution >= 4 is 34.7 Å². The predicted molar refractivity (Wildman–Crippen MR) is 120 cm³/mol. The molecule has 1 aliphatic heterocycles. The SMILES string of the molecule is Cc1ccc(C)c(/C(O)=C2\C(=O)C(=O)N(c3ccccc3)C2c2ccc(O)c(Cl)c2)c1. The molecule has 0 aliphatic carbocycles. The Kier molecular flexibility index (Phi) is 5.29. The van der Waals surface area contributed by atoms with E-state index in [9.17, 15) is 19.8 Å². The molecule has 1 fully saturated rings. The van der Waals surface area contributed by atoms with Gasteiger partial charge >= 0.3 is 0 Å². The highest BCUT2D eigenvalue weighted by Crippen LogP contribution is 2.43. The lowest BCUT2D eigenvalue weighted by Gasteiger charge is -2.25. The lowest BCUT2D eigenvalue weighted by atomic mass is 9.93. The molecule has 0 spiro atoms. The van der Waals surface area contributed by atoms with E-state index in [1.165, 1.54) is 17.0 Å². The molecule has 6 heteroatoms. The van der Waals surface area contributed by atoms with Crippen molar-refractivity contribution in [2.75, 3.05) is 4.90 Å². The van der Waals surface area contributed by atoms with Crippen LogP contribution in [0.5, 0.6) is 5.75 Å². The molecule has 1 amide bonds. The number of phenolic OH excluding ortho intramolecular Hbond substituents is 1. The first kappa shape index (κ1) is 20.7. The van der Waals surface area contributed by atoms with Crippen LogP contribution in [-0.4, -0.2) is 21.9 Å². The van der Waals surface area contributed by atoms with Crippen molar-refractivity contribution in [1.29, 1.82) is 0 Å². The monoisotopic (exact) mass is 433 g/mol. The Labute approximate surface area is 184 Å². The van der Waals surface area contributed by atoms with Gasteiger partial charge in [-0.05, 0) is 55.3 Å². The highest BCUT2D eigenvalue weighted by atomic mass is 35.5. The highest BCUT2D eigenvalue weighted by Gasteiger charge is 2.47. The Bertz CT molecular complexity index is 1230. The summed E-state index contributed by atoms with van der Waals surface area (Å²) in [5, 5.41) is 21.2. The number of aliphatic hydroxyl groups is 1. The minimum atomic E-state index is -0.902. The van der Waals surface area contributed by atoms with Crippen molar-refractivity contribution in [2.45, 2.75) is 19.9 Å². The summed E-state index contributed by atoms with van der Waals surface area (Å²) >= 11 is 6.13. The van der Waals surface area contributed by atoms with E-state index in [1.807, 2.05) is 32.0 Å². The molecule has 4 rings (SSSR count). The number of aryl methyl sites for hydroxylation is 2. The average molecular weight is 434 g/mol. The second kappa shape index (κ2) is 7.93. The van der Waals surface area contributed by atoms with Crippen molar-refractivity contribution in [3.63, 3.8) is 0 Å². The van der Waals surface area contributed by atoms with Crippen LogP contribution in [0.2, 0.25) is 5.02 Å². The number of hydrogen-bond acceptors (Lipinski definition) is 4. The molecule has 1 aliphatic rings. The van der Waals surface area contributed by atoms with Crippen molar-refractivity contribution in [2.24, 2.45) is 0 Å². The number of para-hydroxylation sites is 1. The maximum Gasteiger partial charge on any atom is 0.300 e. The van der Waals surface area contributed by atoms with E-state index in [-0.39, 0.29) is 22.1 Å². The van der Waals surface area contributed by atoms with Crippen LogP contribution in [0.3, 0.4) is 0 Å². The summed E-state index contributed by atoms with van der Waals surface area (Å²) in [5.41, 5.74) is 3.16. The van der Waals surface area contributed by atoms with Crippen molar-refractivity contribution < 1.29 is 19.8 Å². The third-order valence-corrected chi connectivity index (χ3v) is 5.72. The van der Waals surface area contributed by atoms with Crippen LogP contribution in [0, 0.1) is 13.8 Å². The minimum absolute atomic E-state index is 0.0238. The van der Waals surface area contributed by atoms with Gasteiger partial charge in [-0.1, -0.05) is 53.6 Å². The van der Waals surface area contributed by atoms with Crippen molar-refractivity contribution in [3.8, 4) is 5.75 Å². The summed E-state index contributed by atoms with van der Waals surface area (Å²) in [7, 11) is 0. The van der Waals surface area contributed by atoms with E-state index >= 15 is 0 Å². The van der Waals surface area contributed by atoms with Gasteiger partial charge in [0.15, 0.2) is 0 Å². The fourth-order valence-corrected chi connectivity index (χ4v) is 4.02. The van der Waals surface area contributed by atoms with Crippen LogP contribution < -0.4 is 4.90 Å². The number of carbonyl (C=O) groups is 2. The molecule has 0 aromatic heterocycles. The fraction of sp³-hybridized carbons (Fsp3) is 0.120. The summed E-state index contributed by atoms with van der Waals surface area (Å²) in [6, 6.07) is 17.9. The second-order valence-electron chi connectivity index (χ2n) is 7.53. The summed E-state index contributed by atoms with van der Waals surface area (Å²) < 4.78 is 0. The quantitative estimate of drug-likeness (QED) is 0.334. The fourth-order valence-electron chi connectivity index (χ4n) is 3.83. The molecule has 5 nitrogen and oxygen atoms in total. The first-order chi connectivity index (χ1) is 14.8. The number of phenols is 1. The summed E-state index contributed by atoms with van der Waals surface area (Å²) in [5.74, 6) is -1.88. The van der Waals surface area contributed by atoms with E-state index in [2.05, 4.69) is 0 Å². The normalized spacial score (nSPS) is 17.9. The van der Waals surface area contributed by atoms with Crippen molar-refractivity contribution in [3.05, 3.63) is 99.6 Å². The molecule has 1 heterocycles. The second-order valence-corrected chi connectivity index (χ2v) is 7.94. The maximum absolute atomic E-state index is 13.1. The molecule has 0 radical (unpaired) electrons. The number of carbonyl (C=O) groups excluding carboxylic acids is 2. The Balaban J connectivity index is 2.00. The molecule has 0 saturated carbocycles. The van der Waals surface area contributed by atoms with Gasteiger partial charge in [-0.15, -0.1) is 0 Å². The Morgan fingerprint density at radius 1 is 0.968 bits per heavy atom.